The van der Waals surface area contributed by atoms with Gasteiger partial charge in [0.2, 0.25) is 11.8 Å². The summed E-state index contributed by atoms with van der Waals surface area (Å²) in [7, 11) is 0. The Hall–Kier alpha value is -7.61. The van der Waals surface area contributed by atoms with Crippen molar-refractivity contribution in [2.75, 3.05) is 36.0 Å². The van der Waals surface area contributed by atoms with Crippen molar-refractivity contribution < 1.29 is 33.4 Å². The molecule has 1 saturated carbocycles. The first-order valence-corrected chi connectivity index (χ1v) is 24.2. The molecule has 0 bridgehead atoms. The van der Waals surface area contributed by atoms with Gasteiger partial charge in [-0.25, -0.2) is 4.79 Å². The lowest BCUT2D eigenvalue weighted by Crippen LogP contribution is -2.42. The van der Waals surface area contributed by atoms with E-state index in [4.69, 9.17) is 20.9 Å². The highest BCUT2D eigenvalue weighted by Crippen LogP contribution is 2.56. The van der Waals surface area contributed by atoms with Crippen LogP contribution in [0.1, 0.15) is 119 Å². The third kappa shape index (κ3) is 9.35. The van der Waals surface area contributed by atoms with Crippen LogP contribution in [-0.4, -0.2) is 59.8 Å². The summed E-state index contributed by atoms with van der Waals surface area (Å²) >= 11 is 0. The number of fused-ring (bicyclic) bond motifs is 7. The number of likely N-dealkylation sites (N-methyl/N-ethyl adjacent to an activating group) is 1. The number of hydrogen-bond acceptors (Lipinski definition) is 9. The number of hydrogen-bond donors (Lipinski definition) is 5. The van der Waals surface area contributed by atoms with Gasteiger partial charge in [-0.15, -0.1) is 0 Å². The number of nitrogens with one attached hydrogen (secondary N) is 3. The van der Waals surface area contributed by atoms with Gasteiger partial charge < -0.3 is 46.4 Å². The van der Waals surface area contributed by atoms with Crippen molar-refractivity contribution in [3.63, 3.8) is 0 Å². The van der Waals surface area contributed by atoms with Crippen LogP contribution in [0.3, 0.4) is 0 Å². The Balaban J connectivity index is 0.706. The molecule has 69 heavy (non-hydrogen) atoms. The Bertz CT molecular complexity index is 2900. The van der Waals surface area contributed by atoms with E-state index in [2.05, 4.69) is 28.9 Å². The molecule has 1 spiro atoms. The Morgan fingerprint density at radius 1 is 0.725 bits per heavy atom. The molecule has 5 aromatic carbocycles. The van der Waals surface area contributed by atoms with E-state index < -0.39 is 11.6 Å². The average Bonchev–Trinajstić information content (AvgIpc) is 3.86. The van der Waals surface area contributed by atoms with Crippen LogP contribution >= 0.6 is 0 Å². The fourth-order valence-electron chi connectivity index (χ4n) is 10.2. The number of rotatable bonds is 16. The summed E-state index contributed by atoms with van der Waals surface area (Å²) in [5.74, 6) is -0.313. The molecule has 3 heterocycles. The number of aryl methyl sites for hydroxylation is 1. The normalized spacial score (nSPS) is 16.4. The largest absolute Gasteiger partial charge is 0.456 e. The van der Waals surface area contributed by atoms with E-state index in [0.717, 1.165) is 54.3 Å². The molecular weight excluding hydrogens is 871 g/mol. The zero-order valence-corrected chi connectivity index (χ0v) is 39.1. The summed E-state index contributed by atoms with van der Waals surface area (Å²) in [5.41, 5.74) is 17.6. The van der Waals surface area contributed by atoms with Crippen molar-refractivity contribution in [3.8, 4) is 11.5 Å². The molecule has 1 aliphatic carbocycles. The number of nitrogen functional groups attached to an aromatic ring is 2. The maximum Gasteiger partial charge on any atom is 0.340 e. The van der Waals surface area contributed by atoms with Gasteiger partial charge in [-0.3, -0.25) is 19.2 Å². The van der Waals surface area contributed by atoms with Gasteiger partial charge in [0.05, 0.1) is 5.56 Å². The molecule has 9 rings (SSSR count). The molecule has 14 heteroatoms. The second-order valence-electron chi connectivity index (χ2n) is 18.3. The maximum atomic E-state index is 13.9. The van der Waals surface area contributed by atoms with Gasteiger partial charge in [0.1, 0.15) is 23.7 Å². The fraction of sp³-hybridized carbons (Fsp3) is 0.327. The molecule has 4 amide bonds. The monoisotopic (exact) mass is 929 g/mol. The minimum Gasteiger partial charge on any atom is -0.456 e. The van der Waals surface area contributed by atoms with Crippen molar-refractivity contribution in [1.29, 1.82) is 0 Å². The fourth-order valence-corrected chi connectivity index (χ4v) is 10.2. The summed E-state index contributed by atoms with van der Waals surface area (Å²) in [6.45, 7) is 5.61. The lowest BCUT2D eigenvalue weighted by atomic mass is 9.77. The van der Waals surface area contributed by atoms with Crippen LogP contribution in [0.25, 0.3) is 10.9 Å². The van der Waals surface area contributed by atoms with Gasteiger partial charge in [-0.1, -0.05) is 56.2 Å². The van der Waals surface area contributed by atoms with E-state index in [-0.39, 0.29) is 42.1 Å². The number of anilines is 3. The first-order valence-electron chi connectivity index (χ1n) is 24.2. The summed E-state index contributed by atoms with van der Waals surface area (Å²) in [4.78, 5) is 69.3. The third-order valence-corrected chi connectivity index (χ3v) is 13.8. The highest BCUT2D eigenvalue weighted by Gasteiger charge is 2.53. The third-order valence-electron chi connectivity index (χ3n) is 13.8. The number of benzene rings is 5. The van der Waals surface area contributed by atoms with E-state index in [1.165, 1.54) is 0 Å². The van der Waals surface area contributed by atoms with Crippen molar-refractivity contribution in [1.82, 2.24) is 20.5 Å². The van der Waals surface area contributed by atoms with E-state index in [1.807, 2.05) is 60.0 Å². The molecule has 0 saturated heterocycles. The molecule has 14 nitrogen and oxygen atoms in total. The first kappa shape index (κ1) is 46.5. The lowest BCUT2D eigenvalue weighted by Gasteiger charge is -2.36. The Morgan fingerprint density at radius 2 is 1.41 bits per heavy atom. The number of aromatic nitrogens is 1. The summed E-state index contributed by atoms with van der Waals surface area (Å²) in [6.07, 6.45) is 6.92. The van der Waals surface area contributed by atoms with Gasteiger partial charge in [-0.2, -0.15) is 0 Å². The Labute approximate surface area is 401 Å². The van der Waals surface area contributed by atoms with Crippen LogP contribution in [0, 0.1) is 5.92 Å². The van der Waals surface area contributed by atoms with Crippen molar-refractivity contribution in [3.05, 3.63) is 148 Å². The molecule has 7 N–H and O–H groups in total. The van der Waals surface area contributed by atoms with Gasteiger partial charge in [0, 0.05) is 93.9 Å². The summed E-state index contributed by atoms with van der Waals surface area (Å²) in [6, 6.07) is 33.0. The number of nitrogens with zero attached hydrogens (tertiary/aromatic N) is 2. The topological polar surface area (TPSA) is 200 Å². The molecule has 0 radical (unpaired) electrons. The molecule has 6 aromatic rings. The number of para-hydroxylation sites is 1. The minimum absolute atomic E-state index is 0.0278. The SMILES string of the molecule is CCc1cccc(N(CC)C(=O)Cn2c(C(=O)NC3CCC(C(=O)NCCCCCCNC(=O)c4ccc5c(c4)C(=O)OC54c5ccc(N)cc5Oc5cc(N)ccc54)CC3)cc3ccccc32)c1. The van der Waals surface area contributed by atoms with Crippen molar-refractivity contribution in [2.45, 2.75) is 89.8 Å². The molecule has 2 aliphatic heterocycles. The second-order valence-corrected chi connectivity index (χ2v) is 18.3. The van der Waals surface area contributed by atoms with Crippen molar-refractivity contribution in [2.24, 2.45) is 5.92 Å². The summed E-state index contributed by atoms with van der Waals surface area (Å²) < 4.78 is 14.2. The van der Waals surface area contributed by atoms with Crippen LogP contribution in [0.5, 0.6) is 11.5 Å². The number of carbonyl (C=O) groups is 5. The number of unbranched alkanes of at least 4 members (excludes halogenated alkanes) is 3. The summed E-state index contributed by atoms with van der Waals surface area (Å²) in [5, 5.41) is 10.2. The van der Waals surface area contributed by atoms with Gasteiger partial charge in [-0.05, 0) is 118 Å². The van der Waals surface area contributed by atoms with Crippen molar-refractivity contribution >= 4 is 57.6 Å². The second kappa shape index (κ2) is 19.9. The van der Waals surface area contributed by atoms with E-state index >= 15 is 0 Å². The molecule has 0 unspecified atom stereocenters. The number of amides is 4. The smallest absolute Gasteiger partial charge is 0.340 e. The van der Waals surface area contributed by atoms with Gasteiger partial charge in [0.25, 0.3) is 11.8 Å². The van der Waals surface area contributed by atoms with Gasteiger partial charge >= 0.3 is 5.97 Å². The highest BCUT2D eigenvalue weighted by molar-refractivity contribution is 6.03. The zero-order chi connectivity index (χ0) is 48.2. The number of carbonyl (C=O) groups excluding carboxylic acids is 5. The molecule has 0 atom stereocenters. The van der Waals surface area contributed by atoms with Gasteiger partial charge in [0.15, 0.2) is 5.60 Å². The molecule has 1 fully saturated rings. The van der Waals surface area contributed by atoms with Crippen LogP contribution < -0.4 is 37.1 Å². The number of esters is 1. The molecule has 356 valence electrons. The lowest BCUT2D eigenvalue weighted by molar-refractivity contribution is -0.126. The first-order chi connectivity index (χ1) is 33.5. The average molecular weight is 930 g/mol. The highest BCUT2D eigenvalue weighted by atomic mass is 16.6. The van der Waals surface area contributed by atoms with E-state index in [9.17, 15) is 24.0 Å². The van der Waals surface area contributed by atoms with E-state index in [0.29, 0.717) is 102 Å². The Morgan fingerprint density at radius 3 is 2.10 bits per heavy atom. The predicted octanol–water partition coefficient (Wildman–Crippen LogP) is 8.38. The van der Waals surface area contributed by atoms with Crippen LogP contribution in [0.4, 0.5) is 17.1 Å². The maximum absolute atomic E-state index is 13.9. The Kier molecular flexibility index (Phi) is 13.4. The standard InChI is InChI=1S/C55H59N7O7/c1-3-34-12-11-14-41(28-34)61(4-2)50(63)33-62-46-15-8-7-13-36(46)30-47(62)53(66)60-40-21-16-35(17-22-40)51(64)58-26-9-5-6-10-27-59-52(65)37-18-23-43-42(29-37)54(67)69-55(43)44-24-19-38(56)31-48(44)68-49-32-39(57)20-25-45(49)55/h7-8,11-15,18-20,23-25,28-32,35,40H,3-6,9-10,16-17,21-22,26-27,33,56-57H2,1-2H3,(H,58,64)(H,59,65)(H,60,66). The molecular formula is C55H59N7O7. The molecule has 1 aromatic heterocycles. The van der Waals surface area contributed by atoms with Crippen LogP contribution in [0.15, 0.2) is 109 Å². The van der Waals surface area contributed by atoms with E-state index in [1.54, 1.807) is 59.5 Å². The minimum atomic E-state index is -1.29. The predicted molar refractivity (Wildman–Crippen MR) is 266 cm³/mol. The number of ether oxygens (including phenoxy) is 2. The zero-order valence-electron chi connectivity index (χ0n) is 39.1. The van der Waals surface area contributed by atoms with Crippen LogP contribution in [0.2, 0.25) is 0 Å². The van der Waals surface area contributed by atoms with Crippen LogP contribution in [-0.2, 0) is 32.9 Å². The molecule has 3 aliphatic rings. The quantitative estimate of drug-likeness (QED) is 0.0359. The number of nitrogens with two attached hydrogens (primary N) is 2.